The maximum atomic E-state index is 4.83. The van der Waals surface area contributed by atoms with Gasteiger partial charge in [-0.05, 0) is 39.9 Å². The highest BCUT2D eigenvalue weighted by Gasteiger charge is 2.53. The number of rotatable bonds is 0. The van der Waals surface area contributed by atoms with E-state index in [0.717, 1.165) is 11.4 Å². The van der Waals surface area contributed by atoms with E-state index in [1.54, 1.807) is 0 Å². The van der Waals surface area contributed by atoms with Gasteiger partial charge < -0.3 is 4.98 Å². The standard InChI is InChI=1S/C26H16N2/c1-4-11-19-16(8-1)17-9-2-5-12-20(17)26(19)21-13-7-15-27-24(21)25-23(26)18-10-3-6-14-22(18)28-25/h1-15,28H. The molecule has 0 radical (unpaired) electrons. The van der Waals surface area contributed by atoms with Crippen LogP contribution in [0.2, 0.25) is 0 Å². The number of H-pyrrole nitrogens is 1. The van der Waals surface area contributed by atoms with E-state index in [9.17, 15) is 0 Å². The molecule has 0 saturated carbocycles. The zero-order chi connectivity index (χ0) is 18.3. The van der Waals surface area contributed by atoms with E-state index in [1.807, 2.05) is 6.20 Å². The maximum Gasteiger partial charge on any atom is 0.0916 e. The molecule has 2 aliphatic carbocycles. The molecule has 2 heterocycles. The lowest BCUT2D eigenvalue weighted by atomic mass is 9.70. The lowest BCUT2D eigenvalue weighted by Crippen LogP contribution is -2.25. The molecule has 2 aliphatic rings. The van der Waals surface area contributed by atoms with Crippen LogP contribution < -0.4 is 0 Å². The zero-order valence-electron chi connectivity index (χ0n) is 15.1. The van der Waals surface area contributed by atoms with Crippen LogP contribution in [0, 0.1) is 0 Å². The van der Waals surface area contributed by atoms with Crippen molar-refractivity contribution in [2.75, 3.05) is 0 Å². The van der Waals surface area contributed by atoms with Crippen LogP contribution in [0.15, 0.2) is 91.1 Å². The third kappa shape index (κ3) is 1.43. The van der Waals surface area contributed by atoms with Crippen molar-refractivity contribution < 1.29 is 0 Å². The molecule has 0 atom stereocenters. The number of hydrogen-bond donors (Lipinski definition) is 1. The highest BCUT2D eigenvalue weighted by atomic mass is 14.8. The Balaban J connectivity index is 1.78. The van der Waals surface area contributed by atoms with Crippen LogP contribution in [0.1, 0.15) is 22.3 Å². The predicted octanol–water partition coefficient (Wildman–Crippen LogP) is 5.91. The summed E-state index contributed by atoms with van der Waals surface area (Å²) in [6.07, 6.45) is 1.90. The van der Waals surface area contributed by atoms with Gasteiger partial charge in [-0.1, -0.05) is 72.8 Å². The molecule has 2 heteroatoms. The Kier molecular flexibility index (Phi) is 2.47. The summed E-state index contributed by atoms with van der Waals surface area (Å²) in [7, 11) is 0. The SMILES string of the molecule is c1ccc2c(c1)-c1ccccc1C21c2cccnc2-c2[nH]c3ccccc3c21. The van der Waals surface area contributed by atoms with Crippen molar-refractivity contribution in [1.82, 2.24) is 9.97 Å². The van der Waals surface area contributed by atoms with E-state index in [2.05, 4.69) is 89.9 Å². The minimum Gasteiger partial charge on any atom is -0.353 e. The topological polar surface area (TPSA) is 28.7 Å². The molecular formula is C26H16N2. The Labute approximate surface area is 162 Å². The Morgan fingerprint density at radius 2 is 1.29 bits per heavy atom. The van der Waals surface area contributed by atoms with Crippen molar-refractivity contribution in [1.29, 1.82) is 0 Å². The van der Waals surface area contributed by atoms with Gasteiger partial charge in [-0.25, -0.2) is 0 Å². The number of nitrogens with one attached hydrogen (secondary N) is 1. The third-order valence-electron chi connectivity index (χ3n) is 6.48. The summed E-state index contributed by atoms with van der Waals surface area (Å²) in [5.74, 6) is 0. The summed E-state index contributed by atoms with van der Waals surface area (Å²) in [5, 5.41) is 1.28. The molecule has 2 aromatic heterocycles. The second-order valence-electron chi connectivity index (χ2n) is 7.66. The van der Waals surface area contributed by atoms with Gasteiger partial charge in [0.05, 0.1) is 16.8 Å². The summed E-state index contributed by atoms with van der Waals surface area (Å²) >= 11 is 0. The highest BCUT2D eigenvalue weighted by molar-refractivity contribution is 6.02. The largest absolute Gasteiger partial charge is 0.353 e. The van der Waals surface area contributed by atoms with Gasteiger partial charge in [0.2, 0.25) is 0 Å². The highest BCUT2D eigenvalue weighted by Crippen LogP contribution is 2.63. The summed E-state index contributed by atoms with van der Waals surface area (Å²) in [5.41, 5.74) is 11.1. The molecule has 1 N–H and O–H groups in total. The van der Waals surface area contributed by atoms with Crippen molar-refractivity contribution in [2.45, 2.75) is 5.41 Å². The number of fused-ring (bicyclic) bond motifs is 12. The Bertz CT molecular complexity index is 1380. The fourth-order valence-electron chi connectivity index (χ4n) is 5.55. The molecule has 130 valence electrons. The molecule has 5 aromatic rings. The molecule has 28 heavy (non-hydrogen) atoms. The molecular weight excluding hydrogens is 340 g/mol. The summed E-state index contributed by atoms with van der Waals surface area (Å²) in [4.78, 5) is 8.51. The van der Waals surface area contributed by atoms with Crippen LogP contribution in [-0.2, 0) is 5.41 Å². The van der Waals surface area contributed by atoms with Crippen molar-refractivity contribution in [3.63, 3.8) is 0 Å². The number of nitrogens with zero attached hydrogens (tertiary/aromatic N) is 1. The van der Waals surface area contributed by atoms with Crippen molar-refractivity contribution in [3.05, 3.63) is 113 Å². The molecule has 0 fully saturated rings. The van der Waals surface area contributed by atoms with Gasteiger partial charge in [0.1, 0.15) is 0 Å². The summed E-state index contributed by atoms with van der Waals surface area (Å²) in [6, 6.07) is 30.7. The van der Waals surface area contributed by atoms with Gasteiger partial charge in [0, 0.05) is 22.7 Å². The third-order valence-corrected chi connectivity index (χ3v) is 6.48. The maximum absolute atomic E-state index is 4.83. The van der Waals surface area contributed by atoms with E-state index in [0.29, 0.717) is 0 Å². The van der Waals surface area contributed by atoms with Gasteiger partial charge in [-0.15, -0.1) is 0 Å². The summed E-state index contributed by atoms with van der Waals surface area (Å²) in [6.45, 7) is 0. The van der Waals surface area contributed by atoms with Crippen molar-refractivity contribution in [3.8, 4) is 22.5 Å². The van der Waals surface area contributed by atoms with Gasteiger partial charge in [0.25, 0.3) is 0 Å². The van der Waals surface area contributed by atoms with E-state index in [1.165, 1.54) is 44.3 Å². The molecule has 1 spiro atoms. The zero-order valence-corrected chi connectivity index (χ0v) is 15.1. The van der Waals surface area contributed by atoms with Gasteiger partial charge in [0.15, 0.2) is 0 Å². The minimum absolute atomic E-state index is 0.314. The normalized spacial score (nSPS) is 14.7. The smallest absolute Gasteiger partial charge is 0.0916 e. The quantitative estimate of drug-likeness (QED) is 0.360. The van der Waals surface area contributed by atoms with E-state index < -0.39 is 0 Å². The molecule has 0 aliphatic heterocycles. The monoisotopic (exact) mass is 356 g/mol. The van der Waals surface area contributed by atoms with E-state index in [4.69, 9.17) is 4.98 Å². The first-order valence-corrected chi connectivity index (χ1v) is 9.67. The predicted molar refractivity (Wildman–Crippen MR) is 112 cm³/mol. The number of para-hydroxylation sites is 1. The van der Waals surface area contributed by atoms with Crippen molar-refractivity contribution >= 4 is 10.9 Å². The first-order valence-electron chi connectivity index (χ1n) is 9.67. The molecule has 0 unspecified atom stereocenters. The lowest BCUT2D eigenvalue weighted by Gasteiger charge is -2.29. The van der Waals surface area contributed by atoms with Gasteiger partial charge >= 0.3 is 0 Å². The second-order valence-corrected chi connectivity index (χ2v) is 7.66. The minimum atomic E-state index is -0.314. The Morgan fingerprint density at radius 3 is 2.07 bits per heavy atom. The molecule has 2 nitrogen and oxygen atoms in total. The fraction of sp³-hybridized carbons (Fsp3) is 0.0385. The molecule has 3 aromatic carbocycles. The van der Waals surface area contributed by atoms with E-state index >= 15 is 0 Å². The molecule has 0 saturated heterocycles. The average molecular weight is 356 g/mol. The Hall–Kier alpha value is -3.65. The van der Waals surface area contributed by atoms with Crippen LogP contribution in [0.25, 0.3) is 33.4 Å². The van der Waals surface area contributed by atoms with Crippen LogP contribution in [0.5, 0.6) is 0 Å². The Morgan fingerprint density at radius 1 is 0.643 bits per heavy atom. The van der Waals surface area contributed by atoms with Crippen LogP contribution >= 0.6 is 0 Å². The first kappa shape index (κ1) is 14.4. The van der Waals surface area contributed by atoms with Crippen LogP contribution in [0.3, 0.4) is 0 Å². The van der Waals surface area contributed by atoms with Gasteiger partial charge in [-0.3, -0.25) is 4.98 Å². The number of pyridine rings is 1. The number of aromatic nitrogens is 2. The number of aromatic amines is 1. The van der Waals surface area contributed by atoms with Gasteiger partial charge in [-0.2, -0.15) is 0 Å². The lowest BCUT2D eigenvalue weighted by molar-refractivity contribution is 0.799. The molecule has 7 rings (SSSR count). The molecule has 0 amide bonds. The van der Waals surface area contributed by atoms with Crippen molar-refractivity contribution in [2.24, 2.45) is 0 Å². The molecule has 0 bridgehead atoms. The fourth-order valence-corrected chi connectivity index (χ4v) is 5.55. The second kappa shape index (κ2) is 4.79. The van der Waals surface area contributed by atoms with Crippen LogP contribution in [-0.4, -0.2) is 9.97 Å². The van der Waals surface area contributed by atoms with Crippen LogP contribution in [0.4, 0.5) is 0 Å². The number of hydrogen-bond acceptors (Lipinski definition) is 1. The first-order chi connectivity index (χ1) is 13.9. The average Bonchev–Trinajstić information content (AvgIpc) is 3.37. The number of benzene rings is 3. The summed E-state index contributed by atoms with van der Waals surface area (Å²) < 4.78 is 0. The van der Waals surface area contributed by atoms with E-state index in [-0.39, 0.29) is 5.41 Å².